The van der Waals surface area contributed by atoms with E-state index in [2.05, 4.69) is 0 Å². The average molecular weight is 320 g/mol. The molecule has 1 fully saturated rings. The highest BCUT2D eigenvalue weighted by Crippen LogP contribution is 2.19. The van der Waals surface area contributed by atoms with Gasteiger partial charge in [-0.25, -0.2) is 8.42 Å². The SMILES string of the molecule is CCOC(=O)C1CCN(C(=O)C(N)CCS(C)(=O)=O)CC1. The number of carbonyl (C=O) groups excluding carboxylic acids is 2. The molecule has 1 rings (SSSR count). The van der Waals surface area contributed by atoms with Gasteiger partial charge in [0.15, 0.2) is 0 Å². The van der Waals surface area contributed by atoms with E-state index in [1.54, 1.807) is 11.8 Å². The molecule has 0 radical (unpaired) electrons. The normalized spacial score (nSPS) is 18.3. The Morgan fingerprint density at radius 1 is 1.33 bits per heavy atom. The number of sulfone groups is 1. The van der Waals surface area contributed by atoms with Crippen LogP contribution in [0.1, 0.15) is 26.2 Å². The fourth-order valence-electron chi connectivity index (χ4n) is 2.29. The molecule has 0 aromatic carbocycles. The van der Waals surface area contributed by atoms with Crippen LogP contribution in [-0.4, -0.2) is 62.9 Å². The molecule has 0 aliphatic carbocycles. The summed E-state index contributed by atoms with van der Waals surface area (Å²) in [7, 11) is -3.12. The zero-order valence-electron chi connectivity index (χ0n) is 12.6. The van der Waals surface area contributed by atoms with Crippen LogP contribution in [0.5, 0.6) is 0 Å². The van der Waals surface area contributed by atoms with Crippen LogP contribution >= 0.6 is 0 Å². The van der Waals surface area contributed by atoms with Crippen LogP contribution in [0.2, 0.25) is 0 Å². The van der Waals surface area contributed by atoms with Crippen molar-refractivity contribution in [2.75, 3.05) is 31.7 Å². The van der Waals surface area contributed by atoms with Gasteiger partial charge in [-0.2, -0.15) is 0 Å². The molecule has 2 N–H and O–H groups in total. The molecule has 1 atom stereocenters. The maximum atomic E-state index is 12.1. The molecule has 1 heterocycles. The predicted octanol–water partition coefficient (Wildman–Crippen LogP) is -0.450. The lowest BCUT2D eigenvalue weighted by Gasteiger charge is -2.32. The highest BCUT2D eigenvalue weighted by molar-refractivity contribution is 7.90. The first kappa shape index (κ1) is 17.9. The Morgan fingerprint density at radius 3 is 2.38 bits per heavy atom. The fraction of sp³-hybridized carbons (Fsp3) is 0.846. The monoisotopic (exact) mass is 320 g/mol. The third-order valence-corrected chi connectivity index (χ3v) is 4.52. The van der Waals surface area contributed by atoms with E-state index in [0.717, 1.165) is 6.26 Å². The Labute approximate surface area is 125 Å². The van der Waals surface area contributed by atoms with Crippen molar-refractivity contribution in [1.82, 2.24) is 4.90 Å². The number of hydrogen-bond donors (Lipinski definition) is 1. The summed E-state index contributed by atoms with van der Waals surface area (Å²) >= 11 is 0. The van der Waals surface area contributed by atoms with Crippen molar-refractivity contribution in [2.24, 2.45) is 11.7 Å². The molecule has 0 aromatic rings. The molecule has 0 bridgehead atoms. The Balaban J connectivity index is 2.42. The standard InChI is InChI=1S/C13H24N2O5S/c1-3-20-13(17)10-4-7-15(8-5-10)12(16)11(14)6-9-21(2,18)19/h10-11H,3-9,14H2,1-2H3. The Morgan fingerprint density at radius 2 is 1.90 bits per heavy atom. The highest BCUT2D eigenvalue weighted by atomic mass is 32.2. The van der Waals surface area contributed by atoms with Crippen LogP contribution < -0.4 is 5.73 Å². The van der Waals surface area contributed by atoms with Gasteiger partial charge in [0.05, 0.1) is 24.3 Å². The molecular formula is C13H24N2O5S. The van der Waals surface area contributed by atoms with E-state index < -0.39 is 15.9 Å². The molecule has 1 aliphatic rings. The summed E-state index contributed by atoms with van der Waals surface area (Å²) in [5, 5.41) is 0. The Kier molecular flexibility index (Phi) is 6.60. The van der Waals surface area contributed by atoms with Gasteiger partial charge >= 0.3 is 5.97 Å². The van der Waals surface area contributed by atoms with Gasteiger partial charge in [0.25, 0.3) is 0 Å². The van der Waals surface area contributed by atoms with Gasteiger partial charge in [-0.05, 0) is 26.2 Å². The third-order valence-electron chi connectivity index (χ3n) is 3.54. The predicted molar refractivity (Wildman–Crippen MR) is 78.2 cm³/mol. The molecule has 122 valence electrons. The summed E-state index contributed by atoms with van der Waals surface area (Å²) in [6.07, 6.45) is 2.36. The summed E-state index contributed by atoms with van der Waals surface area (Å²) in [4.78, 5) is 25.3. The number of piperidine rings is 1. The van der Waals surface area contributed by atoms with Crippen molar-refractivity contribution in [3.05, 3.63) is 0 Å². The number of nitrogens with two attached hydrogens (primary N) is 1. The van der Waals surface area contributed by atoms with Crippen molar-refractivity contribution in [3.8, 4) is 0 Å². The summed E-state index contributed by atoms with van der Waals surface area (Å²) in [5.41, 5.74) is 5.75. The molecule has 0 aromatic heterocycles. The number of nitrogens with zero attached hydrogens (tertiary/aromatic N) is 1. The van der Waals surface area contributed by atoms with Crippen molar-refractivity contribution in [2.45, 2.75) is 32.2 Å². The van der Waals surface area contributed by atoms with E-state index in [1.807, 2.05) is 0 Å². The molecule has 1 aliphatic heterocycles. The van der Waals surface area contributed by atoms with E-state index >= 15 is 0 Å². The van der Waals surface area contributed by atoms with E-state index in [0.29, 0.717) is 32.5 Å². The van der Waals surface area contributed by atoms with Crippen LogP contribution in [0.15, 0.2) is 0 Å². The quantitative estimate of drug-likeness (QED) is 0.664. The van der Waals surface area contributed by atoms with Gasteiger partial charge in [0, 0.05) is 19.3 Å². The lowest BCUT2D eigenvalue weighted by Crippen LogP contribution is -2.48. The van der Waals surface area contributed by atoms with E-state index in [4.69, 9.17) is 10.5 Å². The van der Waals surface area contributed by atoms with Gasteiger partial charge in [-0.3, -0.25) is 9.59 Å². The highest BCUT2D eigenvalue weighted by Gasteiger charge is 2.30. The first-order valence-electron chi connectivity index (χ1n) is 7.13. The zero-order valence-corrected chi connectivity index (χ0v) is 13.4. The number of likely N-dealkylation sites (tertiary alicyclic amines) is 1. The second-order valence-corrected chi connectivity index (χ2v) is 7.64. The minimum atomic E-state index is -3.12. The molecule has 0 spiro atoms. The zero-order chi connectivity index (χ0) is 16.0. The summed E-state index contributed by atoms with van der Waals surface area (Å²) in [6.45, 7) is 3.02. The van der Waals surface area contributed by atoms with E-state index in [1.165, 1.54) is 0 Å². The second kappa shape index (κ2) is 7.74. The largest absolute Gasteiger partial charge is 0.466 e. The first-order valence-corrected chi connectivity index (χ1v) is 9.19. The topological polar surface area (TPSA) is 107 Å². The van der Waals surface area contributed by atoms with Crippen molar-refractivity contribution in [3.63, 3.8) is 0 Å². The molecular weight excluding hydrogens is 296 g/mol. The second-order valence-electron chi connectivity index (χ2n) is 5.38. The van der Waals surface area contributed by atoms with Gasteiger partial charge in [0.1, 0.15) is 9.84 Å². The summed E-state index contributed by atoms with van der Waals surface area (Å²) in [6, 6.07) is -0.807. The number of rotatable bonds is 6. The molecule has 0 saturated carbocycles. The van der Waals surface area contributed by atoms with Gasteiger partial charge in [-0.15, -0.1) is 0 Å². The van der Waals surface area contributed by atoms with Crippen molar-refractivity contribution in [1.29, 1.82) is 0 Å². The number of amides is 1. The van der Waals surface area contributed by atoms with Gasteiger partial charge in [0.2, 0.25) is 5.91 Å². The molecule has 1 amide bonds. The molecule has 1 unspecified atom stereocenters. The molecule has 7 nitrogen and oxygen atoms in total. The summed E-state index contributed by atoms with van der Waals surface area (Å²) < 4.78 is 27.1. The van der Waals surface area contributed by atoms with Crippen molar-refractivity contribution < 1.29 is 22.7 Å². The lowest BCUT2D eigenvalue weighted by atomic mass is 9.96. The maximum Gasteiger partial charge on any atom is 0.309 e. The van der Waals surface area contributed by atoms with Gasteiger partial charge in [-0.1, -0.05) is 0 Å². The van der Waals surface area contributed by atoms with Crippen molar-refractivity contribution >= 4 is 21.7 Å². The fourth-order valence-corrected chi connectivity index (χ4v) is 2.98. The van der Waals surface area contributed by atoms with Crippen LogP contribution in [0, 0.1) is 5.92 Å². The number of esters is 1. The molecule has 21 heavy (non-hydrogen) atoms. The number of hydrogen-bond acceptors (Lipinski definition) is 6. The number of carbonyl (C=O) groups is 2. The van der Waals surface area contributed by atoms with Crippen LogP contribution in [-0.2, 0) is 24.2 Å². The smallest absolute Gasteiger partial charge is 0.309 e. The minimum absolute atomic E-state index is 0.0980. The Bertz CT molecular complexity index is 469. The molecule has 1 saturated heterocycles. The van der Waals surface area contributed by atoms with E-state index in [9.17, 15) is 18.0 Å². The average Bonchev–Trinajstić information content (AvgIpc) is 2.43. The van der Waals surface area contributed by atoms with E-state index in [-0.39, 0.29) is 30.0 Å². The van der Waals surface area contributed by atoms with Crippen LogP contribution in [0.4, 0.5) is 0 Å². The Hall–Kier alpha value is -1.15. The van der Waals surface area contributed by atoms with Gasteiger partial charge < -0.3 is 15.4 Å². The third kappa shape index (κ3) is 6.01. The van der Waals surface area contributed by atoms with Crippen LogP contribution in [0.3, 0.4) is 0 Å². The lowest BCUT2D eigenvalue weighted by molar-refractivity contribution is -0.151. The molecule has 8 heteroatoms. The minimum Gasteiger partial charge on any atom is -0.466 e. The van der Waals surface area contributed by atoms with Crippen LogP contribution in [0.25, 0.3) is 0 Å². The summed E-state index contributed by atoms with van der Waals surface area (Å²) in [5.74, 6) is -0.729. The maximum absolute atomic E-state index is 12.1. The number of ether oxygens (including phenoxy) is 1. The first-order chi connectivity index (χ1) is 9.74.